The number of nitrogens with zero attached hydrogens (tertiary/aromatic N) is 5. The van der Waals surface area contributed by atoms with Gasteiger partial charge in [-0.15, -0.1) is 0 Å². The van der Waals surface area contributed by atoms with Gasteiger partial charge in [0.1, 0.15) is 5.82 Å². The number of hydrogen-bond donors (Lipinski definition) is 0. The molecule has 2 aliphatic rings. The monoisotopic (exact) mass is 289 g/mol. The molecule has 0 N–H and O–H groups in total. The zero-order valence-electron chi connectivity index (χ0n) is 12.1. The number of fused-ring (bicyclic) bond motifs is 2. The Morgan fingerprint density at radius 2 is 2.09 bits per heavy atom. The minimum Gasteiger partial charge on any atom is -0.240 e. The molecule has 0 atom stereocenters. The normalized spacial score (nSPS) is 17.4. The van der Waals surface area contributed by atoms with E-state index < -0.39 is 0 Å². The van der Waals surface area contributed by atoms with Crippen LogP contribution in [0.25, 0.3) is 11.2 Å². The van der Waals surface area contributed by atoms with Crippen LogP contribution in [-0.2, 0) is 6.42 Å². The Bertz CT molecular complexity index is 904. The fourth-order valence-electron chi connectivity index (χ4n) is 3.19. The Morgan fingerprint density at radius 1 is 1.14 bits per heavy atom. The van der Waals surface area contributed by atoms with E-state index in [0.29, 0.717) is 5.92 Å². The molecule has 3 heterocycles. The lowest BCUT2D eigenvalue weighted by Crippen LogP contribution is -2.13. The van der Waals surface area contributed by atoms with E-state index in [1.165, 1.54) is 19.3 Å². The summed E-state index contributed by atoms with van der Waals surface area (Å²) >= 11 is 0. The van der Waals surface area contributed by atoms with E-state index in [1.807, 2.05) is 24.5 Å². The van der Waals surface area contributed by atoms with Crippen molar-refractivity contribution in [3.05, 3.63) is 59.6 Å². The molecule has 5 nitrogen and oxygen atoms in total. The molecule has 22 heavy (non-hydrogen) atoms. The first kappa shape index (κ1) is 12.0. The Hall–Kier alpha value is -2.56. The summed E-state index contributed by atoms with van der Waals surface area (Å²) in [6.45, 7) is 0. The molecule has 3 aromatic rings. The van der Waals surface area contributed by atoms with Gasteiger partial charge < -0.3 is 0 Å². The SMILES string of the molecule is C1=C(c2ccc3nccn3n2)c2cnc(C3CCC3)nc2C1. The van der Waals surface area contributed by atoms with Crippen LogP contribution in [-0.4, -0.2) is 24.6 Å². The second-order valence-electron chi connectivity index (χ2n) is 5.99. The quantitative estimate of drug-likeness (QED) is 0.728. The summed E-state index contributed by atoms with van der Waals surface area (Å²) < 4.78 is 1.80. The molecular formula is C17H15N5. The first-order chi connectivity index (χ1) is 10.9. The van der Waals surface area contributed by atoms with Crippen molar-refractivity contribution in [1.29, 1.82) is 0 Å². The average Bonchev–Trinajstić information content (AvgIpc) is 3.10. The van der Waals surface area contributed by atoms with Gasteiger partial charge in [0.15, 0.2) is 5.65 Å². The van der Waals surface area contributed by atoms with Gasteiger partial charge in [0.25, 0.3) is 0 Å². The van der Waals surface area contributed by atoms with Crippen LogP contribution in [0.1, 0.15) is 48.0 Å². The molecule has 1 fully saturated rings. The Kier molecular flexibility index (Phi) is 2.44. The highest BCUT2D eigenvalue weighted by Gasteiger charge is 2.25. The molecule has 3 aromatic heterocycles. The molecule has 0 unspecified atom stereocenters. The summed E-state index contributed by atoms with van der Waals surface area (Å²) in [5, 5.41) is 4.63. The number of hydrogen-bond acceptors (Lipinski definition) is 4. The Morgan fingerprint density at radius 3 is 2.95 bits per heavy atom. The van der Waals surface area contributed by atoms with E-state index in [-0.39, 0.29) is 0 Å². The van der Waals surface area contributed by atoms with Crippen molar-refractivity contribution < 1.29 is 0 Å². The predicted octanol–water partition coefficient (Wildman–Crippen LogP) is 2.77. The Labute approximate surface area is 127 Å². The maximum absolute atomic E-state index is 4.79. The largest absolute Gasteiger partial charge is 0.240 e. The number of allylic oxidation sites excluding steroid dienone is 1. The number of rotatable bonds is 2. The van der Waals surface area contributed by atoms with Crippen molar-refractivity contribution in [2.75, 3.05) is 0 Å². The molecule has 5 rings (SSSR count). The van der Waals surface area contributed by atoms with Gasteiger partial charge in [-0.3, -0.25) is 0 Å². The van der Waals surface area contributed by atoms with Crippen LogP contribution < -0.4 is 0 Å². The van der Waals surface area contributed by atoms with Gasteiger partial charge in [0, 0.05) is 42.1 Å². The van der Waals surface area contributed by atoms with Gasteiger partial charge >= 0.3 is 0 Å². The highest BCUT2D eigenvalue weighted by molar-refractivity contribution is 5.82. The van der Waals surface area contributed by atoms with E-state index in [0.717, 1.165) is 40.4 Å². The maximum Gasteiger partial charge on any atom is 0.153 e. The van der Waals surface area contributed by atoms with Crippen molar-refractivity contribution in [1.82, 2.24) is 24.6 Å². The molecule has 0 aromatic carbocycles. The van der Waals surface area contributed by atoms with Crippen LogP contribution >= 0.6 is 0 Å². The van der Waals surface area contributed by atoms with E-state index >= 15 is 0 Å². The van der Waals surface area contributed by atoms with Crippen LogP contribution in [0, 0.1) is 0 Å². The van der Waals surface area contributed by atoms with Crippen molar-refractivity contribution in [2.24, 2.45) is 0 Å². The fourth-order valence-corrected chi connectivity index (χ4v) is 3.19. The van der Waals surface area contributed by atoms with Gasteiger partial charge in [-0.1, -0.05) is 12.5 Å². The van der Waals surface area contributed by atoms with Crippen LogP contribution in [0.15, 0.2) is 36.8 Å². The van der Waals surface area contributed by atoms with Gasteiger partial charge in [0.05, 0.1) is 11.4 Å². The van der Waals surface area contributed by atoms with Crippen molar-refractivity contribution in [2.45, 2.75) is 31.6 Å². The Balaban J connectivity index is 1.55. The molecule has 2 aliphatic carbocycles. The van der Waals surface area contributed by atoms with Gasteiger partial charge in [-0.25, -0.2) is 19.5 Å². The van der Waals surface area contributed by atoms with Gasteiger partial charge in [-0.05, 0) is 25.0 Å². The maximum atomic E-state index is 4.79. The summed E-state index contributed by atoms with van der Waals surface area (Å²) in [5.41, 5.74) is 5.20. The lowest BCUT2D eigenvalue weighted by molar-refractivity contribution is 0.400. The predicted molar refractivity (Wildman–Crippen MR) is 82.4 cm³/mol. The zero-order chi connectivity index (χ0) is 14.5. The van der Waals surface area contributed by atoms with Crippen molar-refractivity contribution in [3.63, 3.8) is 0 Å². The molecule has 0 amide bonds. The first-order valence-corrected chi connectivity index (χ1v) is 7.75. The third kappa shape index (κ3) is 1.71. The minimum atomic E-state index is 0.578. The summed E-state index contributed by atoms with van der Waals surface area (Å²) in [7, 11) is 0. The van der Waals surface area contributed by atoms with Crippen molar-refractivity contribution >= 4 is 11.2 Å². The summed E-state index contributed by atoms with van der Waals surface area (Å²) in [6.07, 6.45) is 12.5. The lowest BCUT2D eigenvalue weighted by atomic mass is 9.85. The molecular weight excluding hydrogens is 274 g/mol. The highest BCUT2D eigenvalue weighted by atomic mass is 15.2. The number of imidazole rings is 1. The summed E-state index contributed by atoms with van der Waals surface area (Å²) in [6, 6.07) is 4.01. The second kappa shape index (κ2) is 4.47. The highest BCUT2D eigenvalue weighted by Crippen LogP contribution is 2.36. The summed E-state index contributed by atoms with van der Waals surface area (Å²) in [5.74, 6) is 1.60. The van der Waals surface area contributed by atoms with Crippen molar-refractivity contribution in [3.8, 4) is 0 Å². The zero-order valence-corrected chi connectivity index (χ0v) is 12.1. The third-order valence-corrected chi connectivity index (χ3v) is 4.68. The standard InChI is InChI=1S/C17H15N5/c1-2-11(3-1)17-19-10-13-12(4-5-14(13)20-17)15-6-7-16-18-8-9-22(16)21-15/h4,6-11H,1-3,5H2. The van der Waals surface area contributed by atoms with Crippen LogP contribution in [0.2, 0.25) is 0 Å². The van der Waals surface area contributed by atoms with E-state index in [4.69, 9.17) is 4.98 Å². The molecule has 108 valence electrons. The molecule has 0 spiro atoms. The van der Waals surface area contributed by atoms with Crippen LogP contribution in [0.3, 0.4) is 0 Å². The van der Waals surface area contributed by atoms with Crippen LogP contribution in [0.4, 0.5) is 0 Å². The molecule has 1 saturated carbocycles. The molecule has 0 saturated heterocycles. The molecule has 0 bridgehead atoms. The average molecular weight is 289 g/mol. The minimum absolute atomic E-state index is 0.578. The summed E-state index contributed by atoms with van der Waals surface area (Å²) in [4.78, 5) is 13.6. The van der Waals surface area contributed by atoms with E-state index in [2.05, 4.69) is 21.1 Å². The topological polar surface area (TPSA) is 56.0 Å². The molecule has 0 aliphatic heterocycles. The fraction of sp³-hybridized carbons (Fsp3) is 0.294. The number of aromatic nitrogens is 5. The third-order valence-electron chi connectivity index (χ3n) is 4.68. The van der Waals surface area contributed by atoms with Gasteiger partial charge in [0.2, 0.25) is 0 Å². The van der Waals surface area contributed by atoms with E-state index in [9.17, 15) is 0 Å². The first-order valence-electron chi connectivity index (χ1n) is 7.75. The van der Waals surface area contributed by atoms with Gasteiger partial charge in [-0.2, -0.15) is 5.10 Å². The van der Waals surface area contributed by atoms with Crippen LogP contribution in [0.5, 0.6) is 0 Å². The molecule has 5 heteroatoms. The molecule has 0 radical (unpaired) electrons. The van der Waals surface area contributed by atoms with E-state index in [1.54, 1.807) is 10.7 Å². The lowest BCUT2D eigenvalue weighted by Gasteiger charge is -2.24. The smallest absolute Gasteiger partial charge is 0.153 e. The second-order valence-corrected chi connectivity index (χ2v) is 5.99.